The summed E-state index contributed by atoms with van der Waals surface area (Å²) in [4.78, 5) is 23.7. The summed E-state index contributed by atoms with van der Waals surface area (Å²) >= 11 is 0. The molecule has 1 fully saturated rings. The van der Waals surface area contributed by atoms with Gasteiger partial charge in [0.25, 0.3) is 5.91 Å². The van der Waals surface area contributed by atoms with Crippen LogP contribution in [-0.4, -0.2) is 42.3 Å². The van der Waals surface area contributed by atoms with Crippen LogP contribution in [0.25, 0.3) is 0 Å². The minimum Gasteiger partial charge on any atom is -0.494 e. The van der Waals surface area contributed by atoms with Gasteiger partial charge in [0.2, 0.25) is 0 Å². The maximum atomic E-state index is 12.5. The van der Waals surface area contributed by atoms with Gasteiger partial charge in [-0.3, -0.25) is 9.59 Å². The second-order valence-electron chi connectivity index (χ2n) is 6.97. The summed E-state index contributed by atoms with van der Waals surface area (Å²) in [7, 11) is 0. The van der Waals surface area contributed by atoms with Crippen molar-refractivity contribution in [3.63, 3.8) is 0 Å². The molecule has 0 unspecified atom stereocenters. The molecule has 0 atom stereocenters. The molecule has 0 aliphatic carbocycles. The molecule has 6 nitrogen and oxygen atoms in total. The van der Waals surface area contributed by atoms with E-state index in [1.165, 1.54) is 0 Å². The summed E-state index contributed by atoms with van der Waals surface area (Å²) in [6.45, 7) is 5.83. The fourth-order valence-electron chi connectivity index (χ4n) is 2.83. The highest BCUT2D eigenvalue weighted by Crippen LogP contribution is 2.25. The van der Waals surface area contributed by atoms with Crippen molar-refractivity contribution in [2.24, 2.45) is 5.92 Å². The van der Waals surface area contributed by atoms with Crippen molar-refractivity contribution in [2.45, 2.75) is 45.1 Å². The first-order chi connectivity index (χ1) is 11.9. The summed E-state index contributed by atoms with van der Waals surface area (Å²) in [6.07, 6.45) is 1.88. The molecule has 1 aromatic carbocycles. The molecule has 0 bridgehead atoms. The Bertz CT molecular complexity index is 576. The van der Waals surface area contributed by atoms with Gasteiger partial charge in [0, 0.05) is 18.8 Å². The van der Waals surface area contributed by atoms with Gasteiger partial charge in [0.05, 0.1) is 18.6 Å². The van der Waals surface area contributed by atoms with Crippen molar-refractivity contribution >= 4 is 11.9 Å². The highest BCUT2D eigenvalue weighted by Gasteiger charge is 2.36. The van der Waals surface area contributed by atoms with Crippen LogP contribution in [0, 0.1) is 5.92 Å². The van der Waals surface area contributed by atoms with E-state index in [0.717, 1.165) is 12.2 Å². The number of aliphatic carboxylic acids is 1. The number of amides is 1. The molecule has 1 aromatic rings. The summed E-state index contributed by atoms with van der Waals surface area (Å²) in [5, 5.41) is 12.1. The molecular formula is C19H27NO5. The summed E-state index contributed by atoms with van der Waals surface area (Å²) in [6, 6.07) is 6.94. The quantitative estimate of drug-likeness (QED) is 0.754. The molecule has 25 heavy (non-hydrogen) atoms. The highest BCUT2D eigenvalue weighted by molar-refractivity contribution is 5.95. The Kier molecular flexibility index (Phi) is 6.82. The Morgan fingerprint density at radius 2 is 1.88 bits per heavy atom. The van der Waals surface area contributed by atoms with Crippen LogP contribution in [-0.2, 0) is 9.53 Å². The number of carboxylic acids is 1. The molecule has 1 saturated heterocycles. The third-order valence-electron chi connectivity index (χ3n) is 4.40. The molecule has 0 saturated carbocycles. The number of ether oxygens (including phenoxy) is 2. The van der Waals surface area contributed by atoms with Crippen LogP contribution in [0.15, 0.2) is 24.3 Å². The lowest BCUT2D eigenvalue weighted by atomic mass is 9.86. The Labute approximate surface area is 148 Å². The fraction of sp³-hybridized carbons (Fsp3) is 0.579. The normalized spacial score (nSPS) is 16.4. The zero-order valence-corrected chi connectivity index (χ0v) is 14.9. The second kappa shape index (κ2) is 8.85. The monoisotopic (exact) mass is 349 g/mol. The topological polar surface area (TPSA) is 84.9 Å². The van der Waals surface area contributed by atoms with Crippen LogP contribution in [0.2, 0.25) is 0 Å². The first-order valence-electron chi connectivity index (χ1n) is 8.75. The van der Waals surface area contributed by atoms with Crippen molar-refractivity contribution < 1.29 is 24.2 Å². The van der Waals surface area contributed by atoms with Gasteiger partial charge in [-0.15, -0.1) is 0 Å². The van der Waals surface area contributed by atoms with Crippen LogP contribution in [0.1, 0.15) is 49.9 Å². The fourth-order valence-corrected chi connectivity index (χ4v) is 2.83. The number of benzene rings is 1. The van der Waals surface area contributed by atoms with Crippen LogP contribution in [0.3, 0.4) is 0 Å². The lowest BCUT2D eigenvalue weighted by Gasteiger charge is -2.36. The van der Waals surface area contributed by atoms with E-state index >= 15 is 0 Å². The summed E-state index contributed by atoms with van der Waals surface area (Å²) < 4.78 is 11.0. The first-order valence-corrected chi connectivity index (χ1v) is 8.75. The van der Waals surface area contributed by atoms with E-state index in [-0.39, 0.29) is 12.3 Å². The minimum atomic E-state index is -0.920. The van der Waals surface area contributed by atoms with E-state index in [1.54, 1.807) is 24.3 Å². The predicted molar refractivity (Wildman–Crippen MR) is 93.9 cm³/mol. The van der Waals surface area contributed by atoms with Crippen molar-refractivity contribution in [3.05, 3.63) is 29.8 Å². The summed E-state index contributed by atoms with van der Waals surface area (Å²) in [5.74, 6) is 0.117. The van der Waals surface area contributed by atoms with Gasteiger partial charge >= 0.3 is 5.97 Å². The van der Waals surface area contributed by atoms with Gasteiger partial charge in [-0.05, 0) is 49.4 Å². The number of rotatable bonds is 8. The van der Waals surface area contributed by atoms with Gasteiger partial charge in [0.15, 0.2) is 0 Å². The van der Waals surface area contributed by atoms with Crippen molar-refractivity contribution in [2.75, 3.05) is 19.8 Å². The molecule has 1 amide bonds. The van der Waals surface area contributed by atoms with Crippen LogP contribution >= 0.6 is 0 Å². The molecule has 1 aliphatic heterocycles. The van der Waals surface area contributed by atoms with E-state index < -0.39 is 11.5 Å². The minimum absolute atomic E-state index is 0.0987. The van der Waals surface area contributed by atoms with E-state index in [0.29, 0.717) is 44.1 Å². The van der Waals surface area contributed by atoms with Gasteiger partial charge in [-0.2, -0.15) is 0 Å². The number of carboxylic acid groups (broad SMARTS) is 1. The Balaban J connectivity index is 1.97. The van der Waals surface area contributed by atoms with Gasteiger partial charge in [-0.25, -0.2) is 0 Å². The third kappa shape index (κ3) is 6.05. The van der Waals surface area contributed by atoms with Crippen molar-refractivity contribution in [1.29, 1.82) is 0 Å². The van der Waals surface area contributed by atoms with Crippen LogP contribution < -0.4 is 10.1 Å². The molecule has 2 N–H and O–H groups in total. The standard InChI is InChI=1S/C19H27NO5/c1-14(2)7-10-25-16-5-3-15(4-6-16)18(23)20-19(13-17(21)22)8-11-24-12-9-19/h3-6,14H,7-13H2,1-2H3,(H,20,23)(H,21,22). The van der Waals surface area contributed by atoms with E-state index in [9.17, 15) is 9.59 Å². The lowest BCUT2D eigenvalue weighted by molar-refractivity contribution is -0.139. The number of carbonyl (C=O) groups excluding carboxylic acids is 1. The maximum Gasteiger partial charge on any atom is 0.305 e. The largest absolute Gasteiger partial charge is 0.494 e. The zero-order chi connectivity index (χ0) is 18.3. The van der Waals surface area contributed by atoms with E-state index in [2.05, 4.69) is 19.2 Å². The Morgan fingerprint density at radius 1 is 1.24 bits per heavy atom. The lowest BCUT2D eigenvalue weighted by Crippen LogP contribution is -2.53. The number of carbonyl (C=O) groups is 2. The molecule has 138 valence electrons. The van der Waals surface area contributed by atoms with E-state index in [1.807, 2.05) is 0 Å². The van der Waals surface area contributed by atoms with Crippen LogP contribution in [0.4, 0.5) is 0 Å². The molecule has 0 radical (unpaired) electrons. The first kappa shape index (κ1) is 19.2. The molecule has 2 rings (SSSR count). The Hall–Kier alpha value is -2.08. The number of hydrogen-bond acceptors (Lipinski definition) is 4. The molecular weight excluding hydrogens is 322 g/mol. The SMILES string of the molecule is CC(C)CCOc1ccc(C(=O)NC2(CC(=O)O)CCOCC2)cc1. The molecule has 1 heterocycles. The predicted octanol–water partition coefficient (Wildman–Crippen LogP) is 2.87. The molecule has 1 aliphatic rings. The zero-order valence-electron chi connectivity index (χ0n) is 14.9. The highest BCUT2D eigenvalue weighted by atomic mass is 16.5. The third-order valence-corrected chi connectivity index (χ3v) is 4.40. The second-order valence-corrected chi connectivity index (χ2v) is 6.97. The average molecular weight is 349 g/mol. The number of nitrogens with one attached hydrogen (secondary N) is 1. The van der Waals surface area contributed by atoms with Gasteiger partial charge in [-0.1, -0.05) is 13.8 Å². The smallest absolute Gasteiger partial charge is 0.305 e. The van der Waals surface area contributed by atoms with Crippen molar-refractivity contribution in [1.82, 2.24) is 5.32 Å². The number of hydrogen-bond donors (Lipinski definition) is 2. The van der Waals surface area contributed by atoms with Gasteiger partial charge in [0.1, 0.15) is 5.75 Å². The Morgan fingerprint density at radius 3 is 2.44 bits per heavy atom. The maximum absolute atomic E-state index is 12.5. The molecule has 0 aromatic heterocycles. The average Bonchev–Trinajstić information content (AvgIpc) is 2.55. The summed E-state index contributed by atoms with van der Waals surface area (Å²) in [5.41, 5.74) is -0.249. The van der Waals surface area contributed by atoms with Crippen molar-refractivity contribution in [3.8, 4) is 5.75 Å². The van der Waals surface area contributed by atoms with E-state index in [4.69, 9.17) is 14.6 Å². The molecule has 0 spiro atoms. The van der Waals surface area contributed by atoms with Crippen LogP contribution in [0.5, 0.6) is 5.75 Å². The molecule has 6 heteroatoms. The van der Waals surface area contributed by atoms with Gasteiger partial charge < -0.3 is 19.9 Å².